The highest BCUT2D eigenvalue weighted by Gasteiger charge is 2.06. The van der Waals surface area contributed by atoms with E-state index in [1.807, 2.05) is 12.2 Å². The minimum Gasteiger partial charge on any atom is -0.461 e. The van der Waals surface area contributed by atoms with E-state index in [0.29, 0.717) is 19.6 Å². The van der Waals surface area contributed by atoms with Crippen LogP contribution in [0, 0.1) is 0 Å². The number of rotatable bonds is 24. The summed E-state index contributed by atoms with van der Waals surface area (Å²) < 4.78 is 10.4. The lowest BCUT2D eigenvalue weighted by atomic mass is 10.1. The summed E-state index contributed by atoms with van der Waals surface area (Å²) in [6.45, 7) is 5.13. The van der Waals surface area contributed by atoms with Crippen molar-refractivity contribution in [3.8, 4) is 0 Å². The molecule has 0 aliphatic rings. The number of hydrogen-bond acceptors (Lipinski definition) is 4. The lowest BCUT2D eigenvalue weighted by molar-refractivity contribution is -0.144. The molecule has 0 radical (unpaired) electrons. The first kappa shape index (κ1) is 31.4. The summed E-state index contributed by atoms with van der Waals surface area (Å²) in [6.07, 6.45) is 29.4. The van der Waals surface area contributed by atoms with E-state index in [1.54, 1.807) is 0 Å². The second kappa shape index (κ2) is 26.7. The van der Waals surface area contributed by atoms with Crippen molar-refractivity contribution < 1.29 is 19.1 Å². The van der Waals surface area contributed by atoms with Crippen molar-refractivity contribution in [3.05, 3.63) is 24.3 Å². The van der Waals surface area contributed by atoms with Crippen LogP contribution >= 0.6 is 0 Å². The Balaban J connectivity index is 3.44. The van der Waals surface area contributed by atoms with Crippen LogP contribution in [-0.4, -0.2) is 25.2 Å². The minimum absolute atomic E-state index is 0.252. The molecule has 0 N–H and O–H groups in total. The van der Waals surface area contributed by atoms with E-state index in [4.69, 9.17) is 9.47 Å². The van der Waals surface area contributed by atoms with Crippen molar-refractivity contribution in [1.29, 1.82) is 0 Å². The highest BCUT2D eigenvalue weighted by molar-refractivity contribution is 5.72. The number of esters is 2. The molecule has 0 aliphatic heterocycles. The minimum atomic E-state index is -0.252. The third kappa shape index (κ3) is 26.6. The Morgan fingerprint density at radius 2 is 0.848 bits per heavy atom. The molecule has 0 aliphatic carbocycles. The van der Waals surface area contributed by atoms with E-state index in [9.17, 15) is 9.59 Å². The van der Waals surface area contributed by atoms with Crippen molar-refractivity contribution >= 4 is 11.9 Å². The first-order valence-electron chi connectivity index (χ1n) is 13.8. The Labute approximate surface area is 204 Å². The first-order chi connectivity index (χ1) is 16.2. The molecule has 0 bridgehead atoms. The summed E-state index contributed by atoms with van der Waals surface area (Å²) in [5.41, 5.74) is 0. The summed E-state index contributed by atoms with van der Waals surface area (Å²) in [7, 11) is 0. The Kier molecular flexibility index (Phi) is 25.4. The van der Waals surface area contributed by atoms with Crippen LogP contribution < -0.4 is 0 Å². The van der Waals surface area contributed by atoms with Gasteiger partial charge < -0.3 is 9.47 Å². The zero-order valence-electron chi connectivity index (χ0n) is 21.8. The SMILES string of the molecule is CCCCCCCCC/C=C/COC(=O)CCCC(=O)OC/C=C/CCCCCCCCC. The number of carbonyl (C=O) groups excluding carboxylic acids is 2. The number of carbonyl (C=O) groups is 2. The highest BCUT2D eigenvalue weighted by Crippen LogP contribution is 2.09. The lowest BCUT2D eigenvalue weighted by Crippen LogP contribution is -2.08. The molecule has 0 aromatic carbocycles. The normalized spacial score (nSPS) is 11.5. The molecular weight excluding hydrogens is 412 g/mol. The van der Waals surface area contributed by atoms with E-state index in [2.05, 4.69) is 26.0 Å². The molecule has 0 saturated heterocycles. The van der Waals surface area contributed by atoms with E-state index in [-0.39, 0.29) is 24.8 Å². The molecule has 0 aromatic heterocycles. The Morgan fingerprint density at radius 3 is 1.24 bits per heavy atom. The van der Waals surface area contributed by atoms with Gasteiger partial charge >= 0.3 is 11.9 Å². The number of unbranched alkanes of at least 4 members (excludes halogenated alkanes) is 14. The van der Waals surface area contributed by atoms with Gasteiger partial charge in [-0.1, -0.05) is 115 Å². The smallest absolute Gasteiger partial charge is 0.306 e. The van der Waals surface area contributed by atoms with Gasteiger partial charge in [0.2, 0.25) is 0 Å². The second-order valence-electron chi connectivity index (χ2n) is 8.98. The maximum absolute atomic E-state index is 11.7. The molecule has 0 rings (SSSR count). The zero-order valence-corrected chi connectivity index (χ0v) is 21.8. The molecule has 0 amide bonds. The fourth-order valence-electron chi connectivity index (χ4n) is 3.61. The largest absolute Gasteiger partial charge is 0.461 e. The number of allylic oxidation sites excluding steroid dienone is 2. The Morgan fingerprint density at radius 1 is 0.485 bits per heavy atom. The average molecular weight is 465 g/mol. The van der Waals surface area contributed by atoms with Crippen LogP contribution in [0.25, 0.3) is 0 Å². The van der Waals surface area contributed by atoms with Crippen molar-refractivity contribution in [2.24, 2.45) is 0 Å². The second-order valence-corrected chi connectivity index (χ2v) is 8.98. The maximum Gasteiger partial charge on any atom is 0.306 e. The lowest BCUT2D eigenvalue weighted by Gasteiger charge is -2.03. The molecule has 0 atom stereocenters. The van der Waals surface area contributed by atoms with Gasteiger partial charge in [-0.3, -0.25) is 9.59 Å². The molecular formula is C29H52O4. The molecule has 0 unspecified atom stereocenters. The summed E-state index contributed by atoms with van der Waals surface area (Å²) >= 11 is 0. The number of hydrogen-bond donors (Lipinski definition) is 0. The number of ether oxygens (including phenoxy) is 2. The third-order valence-corrected chi connectivity index (χ3v) is 5.72. The van der Waals surface area contributed by atoms with Gasteiger partial charge in [-0.25, -0.2) is 0 Å². The topological polar surface area (TPSA) is 52.6 Å². The van der Waals surface area contributed by atoms with Gasteiger partial charge in [0.25, 0.3) is 0 Å². The Bertz CT molecular complexity index is 452. The van der Waals surface area contributed by atoms with Gasteiger partial charge in [-0.15, -0.1) is 0 Å². The van der Waals surface area contributed by atoms with Crippen LogP contribution in [0.5, 0.6) is 0 Å². The van der Waals surface area contributed by atoms with Crippen LogP contribution in [0.4, 0.5) is 0 Å². The van der Waals surface area contributed by atoms with E-state index in [1.165, 1.54) is 89.9 Å². The van der Waals surface area contributed by atoms with Crippen molar-refractivity contribution in [2.45, 2.75) is 136 Å². The standard InChI is InChI=1S/C29H52O4/c1-3-5-7-9-11-13-15-17-19-21-26-32-28(30)24-23-25-29(31)33-27-22-20-18-16-14-12-10-8-6-4-2/h19-22H,3-18,23-27H2,1-2H3/b21-19+,22-20+. The van der Waals surface area contributed by atoms with Crippen LogP contribution in [0.3, 0.4) is 0 Å². The summed E-state index contributed by atoms with van der Waals surface area (Å²) in [4.78, 5) is 23.4. The van der Waals surface area contributed by atoms with Gasteiger partial charge in [0.1, 0.15) is 13.2 Å². The quantitative estimate of drug-likeness (QED) is 0.0814. The van der Waals surface area contributed by atoms with Crippen molar-refractivity contribution in [3.63, 3.8) is 0 Å². The Hall–Kier alpha value is -1.58. The van der Waals surface area contributed by atoms with Gasteiger partial charge in [0.15, 0.2) is 0 Å². The van der Waals surface area contributed by atoms with Gasteiger partial charge in [-0.05, 0) is 32.1 Å². The molecule has 192 valence electrons. The van der Waals surface area contributed by atoms with Gasteiger partial charge in [0, 0.05) is 12.8 Å². The van der Waals surface area contributed by atoms with Crippen LogP contribution in [-0.2, 0) is 19.1 Å². The molecule has 4 heteroatoms. The fourth-order valence-corrected chi connectivity index (χ4v) is 3.61. The molecule has 0 aromatic rings. The van der Waals surface area contributed by atoms with E-state index in [0.717, 1.165) is 12.8 Å². The van der Waals surface area contributed by atoms with Gasteiger partial charge in [0.05, 0.1) is 0 Å². The van der Waals surface area contributed by atoms with Crippen molar-refractivity contribution in [1.82, 2.24) is 0 Å². The molecule has 0 heterocycles. The van der Waals surface area contributed by atoms with E-state index >= 15 is 0 Å². The molecule has 0 spiro atoms. The predicted octanol–water partition coefficient (Wildman–Crippen LogP) is 8.64. The molecule has 0 saturated carbocycles. The summed E-state index contributed by atoms with van der Waals surface area (Å²) in [5.74, 6) is -0.504. The van der Waals surface area contributed by atoms with Crippen LogP contribution in [0.2, 0.25) is 0 Å². The highest BCUT2D eigenvalue weighted by atomic mass is 16.5. The molecule has 4 nitrogen and oxygen atoms in total. The average Bonchev–Trinajstić information content (AvgIpc) is 2.81. The van der Waals surface area contributed by atoms with Crippen molar-refractivity contribution in [2.75, 3.05) is 13.2 Å². The maximum atomic E-state index is 11.7. The third-order valence-electron chi connectivity index (χ3n) is 5.72. The monoisotopic (exact) mass is 464 g/mol. The van der Waals surface area contributed by atoms with Gasteiger partial charge in [-0.2, -0.15) is 0 Å². The predicted molar refractivity (Wildman–Crippen MR) is 139 cm³/mol. The molecule has 33 heavy (non-hydrogen) atoms. The summed E-state index contributed by atoms with van der Waals surface area (Å²) in [5, 5.41) is 0. The van der Waals surface area contributed by atoms with E-state index < -0.39 is 0 Å². The zero-order chi connectivity index (χ0) is 24.2. The van der Waals surface area contributed by atoms with Crippen LogP contribution in [0.1, 0.15) is 136 Å². The molecule has 0 fully saturated rings. The van der Waals surface area contributed by atoms with Crippen LogP contribution in [0.15, 0.2) is 24.3 Å². The summed E-state index contributed by atoms with van der Waals surface area (Å²) in [6, 6.07) is 0. The fraction of sp³-hybridized carbons (Fsp3) is 0.793. The first-order valence-corrected chi connectivity index (χ1v) is 13.8.